The van der Waals surface area contributed by atoms with Crippen LogP contribution in [0.5, 0.6) is 0 Å². The summed E-state index contributed by atoms with van der Waals surface area (Å²) in [5, 5.41) is 10.6. The van der Waals surface area contributed by atoms with Gasteiger partial charge < -0.3 is 9.90 Å². The Balaban J connectivity index is 0. The molecule has 0 bridgehead atoms. The van der Waals surface area contributed by atoms with Crippen molar-refractivity contribution < 1.29 is 52.4 Å². The van der Waals surface area contributed by atoms with Gasteiger partial charge in [0, 0.05) is 0 Å². The second-order valence-corrected chi connectivity index (χ2v) is 4.77. The molecule has 5 nitrogen and oxygen atoms in total. The first kappa shape index (κ1) is 18.5. The molecule has 0 aliphatic rings. The van der Waals surface area contributed by atoms with Crippen LogP contribution in [0.25, 0.3) is 0 Å². The fraction of sp³-hybridized carbons (Fsp3) is 0.667. The van der Waals surface area contributed by atoms with Crippen molar-refractivity contribution in [3.05, 3.63) is 11.6 Å². The molecule has 1 N–H and O–H groups in total. The summed E-state index contributed by atoms with van der Waals surface area (Å²) in [7, 11) is -4.02. The number of unbranched alkanes of at least 4 members (excludes halogenated alkanes) is 1. The topological polar surface area (TPSA) is 94.5 Å². The zero-order valence-corrected chi connectivity index (χ0v) is 12.4. The molecule has 0 spiro atoms. The van der Waals surface area contributed by atoms with Gasteiger partial charge in [0.2, 0.25) is 0 Å². The average Bonchev–Trinajstić information content (AvgIpc) is 2.08. The van der Waals surface area contributed by atoms with Crippen molar-refractivity contribution in [2.75, 3.05) is 5.75 Å². The van der Waals surface area contributed by atoms with Crippen molar-refractivity contribution in [3.8, 4) is 0 Å². The van der Waals surface area contributed by atoms with Gasteiger partial charge >= 0.3 is 29.6 Å². The Labute approximate surface area is 118 Å². The predicted molar refractivity (Wildman–Crippen MR) is 53.6 cm³/mol. The monoisotopic (exact) mass is 258 g/mol. The van der Waals surface area contributed by atoms with Crippen LogP contribution in [-0.4, -0.2) is 24.7 Å². The number of carbonyl (C=O) groups is 1. The average molecular weight is 258 g/mol. The van der Waals surface area contributed by atoms with E-state index in [1.807, 2.05) is 6.92 Å². The maximum Gasteiger partial charge on any atom is 1.00 e. The van der Waals surface area contributed by atoms with E-state index in [1.54, 1.807) is 0 Å². The molecule has 0 amide bonds. The molecule has 0 aromatic heterocycles. The molecule has 0 atom stereocenters. The number of carboxylic acid groups (broad SMARTS) is 1. The number of rotatable bonds is 7. The van der Waals surface area contributed by atoms with E-state index in [0.29, 0.717) is 12.8 Å². The fourth-order valence-corrected chi connectivity index (χ4v) is 1.45. The zero-order chi connectivity index (χ0) is 11.9. The number of aliphatic carboxylic acids is 1. The number of hydrogen-bond donors (Lipinski definition) is 1. The SMILES string of the molecule is CCCCC(=CCCS(=O)(=O)O)C(=O)[O-].[Na+]. The Kier molecular flexibility index (Phi) is 10.6. The summed E-state index contributed by atoms with van der Waals surface area (Å²) in [5.74, 6) is -1.74. The first-order valence-corrected chi connectivity index (χ1v) is 6.33. The van der Waals surface area contributed by atoms with Crippen molar-refractivity contribution in [2.24, 2.45) is 0 Å². The molecule has 0 saturated heterocycles. The van der Waals surface area contributed by atoms with Gasteiger partial charge in [-0.05, 0) is 24.8 Å². The molecule has 0 rings (SSSR count). The molecule has 0 unspecified atom stereocenters. The normalized spacial score (nSPS) is 12.0. The molecule has 0 aromatic carbocycles. The van der Waals surface area contributed by atoms with Gasteiger partial charge in [-0.15, -0.1) is 0 Å². The second kappa shape index (κ2) is 9.18. The van der Waals surface area contributed by atoms with Crippen LogP contribution in [0.2, 0.25) is 0 Å². The van der Waals surface area contributed by atoms with E-state index < -0.39 is 21.8 Å². The van der Waals surface area contributed by atoms with Crippen LogP contribution in [0, 0.1) is 0 Å². The van der Waals surface area contributed by atoms with Crippen LogP contribution < -0.4 is 34.7 Å². The number of hydrogen-bond acceptors (Lipinski definition) is 4. The van der Waals surface area contributed by atoms with Gasteiger partial charge in [0.1, 0.15) is 0 Å². The summed E-state index contributed by atoms with van der Waals surface area (Å²) >= 11 is 0. The summed E-state index contributed by atoms with van der Waals surface area (Å²) < 4.78 is 29.1. The fourth-order valence-electron chi connectivity index (χ4n) is 1.04. The van der Waals surface area contributed by atoms with Crippen LogP contribution in [0.4, 0.5) is 0 Å². The van der Waals surface area contributed by atoms with Crippen molar-refractivity contribution in [2.45, 2.75) is 32.6 Å². The van der Waals surface area contributed by atoms with Gasteiger partial charge in [-0.2, -0.15) is 8.42 Å². The van der Waals surface area contributed by atoms with Crippen LogP contribution in [0.3, 0.4) is 0 Å². The number of carboxylic acids is 1. The molecular weight excluding hydrogens is 243 g/mol. The first-order valence-electron chi connectivity index (χ1n) is 4.72. The Bertz CT molecular complexity index is 334. The summed E-state index contributed by atoms with van der Waals surface area (Å²) in [5.41, 5.74) is 0.0977. The molecule has 0 aromatic rings. The van der Waals surface area contributed by atoms with Crippen LogP contribution in [0.15, 0.2) is 11.6 Å². The van der Waals surface area contributed by atoms with Gasteiger partial charge in [-0.3, -0.25) is 4.55 Å². The summed E-state index contributed by atoms with van der Waals surface area (Å²) in [6, 6.07) is 0. The first-order chi connectivity index (χ1) is 6.87. The quantitative estimate of drug-likeness (QED) is 0.301. The molecule has 0 fully saturated rings. The minimum absolute atomic E-state index is 0. The molecule has 0 radical (unpaired) electrons. The zero-order valence-electron chi connectivity index (χ0n) is 9.60. The molecule has 0 aliphatic heterocycles. The number of allylic oxidation sites excluding steroid dienone is 1. The summed E-state index contributed by atoms with van der Waals surface area (Å²) in [6.07, 6.45) is 3.21. The third kappa shape index (κ3) is 10.6. The van der Waals surface area contributed by atoms with Gasteiger partial charge in [0.05, 0.1) is 11.7 Å². The largest absolute Gasteiger partial charge is 1.00 e. The molecule has 0 heterocycles. The van der Waals surface area contributed by atoms with E-state index in [4.69, 9.17) is 4.55 Å². The Morgan fingerprint density at radius 1 is 1.44 bits per heavy atom. The maximum absolute atomic E-state index is 10.6. The molecular formula is C9H15NaO5S. The summed E-state index contributed by atoms with van der Waals surface area (Å²) in [4.78, 5) is 10.6. The smallest absolute Gasteiger partial charge is 0.545 e. The minimum atomic E-state index is -4.02. The van der Waals surface area contributed by atoms with Crippen molar-refractivity contribution >= 4 is 16.1 Å². The predicted octanol–water partition coefficient (Wildman–Crippen LogP) is -2.87. The molecule has 0 aliphatic carbocycles. The second-order valence-electron chi connectivity index (χ2n) is 3.20. The molecule has 7 heteroatoms. The maximum atomic E-state index is 10.6. The number of carbonyl (C=O) groups excluding carboxylic acids is 1. The van der Waals surface area contributed by atoms with E-state index in [-0.39, 0.29) is 41.6 Å². The van der Waals surface area contributed by atoms with E-state index in [9.17, 15) is 18.3 Å². The Hall–Kier alpha value is 0.120. The molecule has 88 valence electrons. The standard InChI is InChI=1S/C9H16O5S.Na/c1-2-3-5-8(9(10)11)6-4-7-15(12,13)14;/h6H,2-5,7H2,1H3,(H,10,11)(H,12,13,14);/q;+1/p-1. The Morgan fingerprint density at radius 2 is 2.00 bits per heavy atom. The van der Waals surface area contributed by atoms with E-state index in [2.05, 4.69) is 0 Å². The van der Waals surface area contributed by atoms with E-state index >= 15 is 0 Å². The Morgan fingerprint density at radius 3 is 2.38 bits per heavy atom. The van der Waals surface area contributed by atoms with E-state index in [1.165, 1.54) is 6.08 Å². The molecule has 16 heavy (non-hydrogen) atoms. The van der Waals surface area contributed by atoms with Crippen molar-refractivity contribution in [3.63, 3.8) is 0 Å². The van der Waals surface area contributed by atoms with Crippen LogP contribution >= 0.6 is 0 Å². The molecule has 0 saturated carbocycles. The van der Waals surface area contributed by atoms with Crippen LogP contribution in [-0.2, 0) is 14.9 Å². The minimum Gasteiger partial charge on any atom is -0.545 e. The van der Waals surface area contributed by atoms with Crippen molar-refractivity contribution in [1.82, 2.24) is 0 Å². The van der Waals surface area contributed by atoms with Crippen LogP contribution in [0.1, 0.15) is 32.6 Å². The third-order valence-corrected chi connectivity index (χ3v) is 2.58. The van der Waals surface area contributed by atoms with Gasteiger partial charge in [-0.1, -0.05) is 19.4 Å². The third-order valence-electron chi connectivity index (χ3n) is 1.83. The van der Waals surface area contributed by atoms with Gasteiger partial charge in [0.25, 0.3) is 10.1 Å². The van der Waals surface area contributed by atoms with E-state index in [0.717, 1.165) is 6.42 Å². The van der Waals surface area contributed by atoms with Crippen molar-refractivity contribution in [1.29, 1.82) is 0 Å². The van der Waals surface area contributed by atoms with Gasteiger partial charge in [-0.25, -0.2) is 0 Å². The summed E-state index contributed by atoms with van der Waals surface area (Å²) in [6.45, 7) is 1.92. The van der Waals surface area contributed by atoms with Gasteiger partial charge in [0.15, 0.2) is 0 Å².